The number of nitrogens with zero attached hydrogens (tertiary/aromatic N) is 1. The summed E-state index contributed by atoms with van der Waals surface area (Å²) in [5.74, 6) is 0. The number of halogens is 1. The number of thiazole rings is 1. The minimum absolute atomic E-state index is 0.120. The molecule has 2 rings (SSSR count). The highest BCUT2D eigenvalue weighted by Crippen LogP contribution is 2.28. The zero-order chi connectivity index (χ0) is 15.6. The molecule has 0 aliphatic carbocycles. The van der Waals surface area contributed by atoms with E-state index in [0.29, 0.717) is 15.0 Å². The molecule has 0 spiro atoms. The lowest BCUT2D eigenvalue weighted by Gasteiger charge is -2.15. The van der Waals surface area contributed by atoms with Crippen LogP contribution in [-0.4, -0.2) is 18.5 Å². The van der Waals surface area contributed by atoms with Gasteiger partial charge in [0.25, 0.3) is 0 Å². The molecule has 0 fully saturated rings. The van der Waals surface area contributed by atoms with E-state index >= 15 is 0 Å². The minimum atomic E-state index is -3.71. The van der Waals surface area contributed by atoms with Gasteiger partial charge in [-0.15, -0.1) is 11.3 Å². The van der Waals surface area contributed by atoms with Crippen LogP contribution in [0.5, 0.6) is 0 Å². The van der Waals surface area contributed by atoms with E-state index in [9.17, 15) is 13.5 Å². The van der Waals surface area contributed by atoms with Gasteiger partial charge in [-0.05, 0) is 47.0 Å². The van der Waals surface area contributed by atoms with E-state index in [1.54, 1.807) is 31.5 Å². The number of aliphatic hydroxyl groups is 1. The maximum atomic E-state index is 12.5. The lowest BCUT2D eigenvalue weighted by molar-refractivity contribution is 0.281. The number of sulfonamides is 1. The van der Waals surface area contributed by atoms with E-state index in [4.69, 9.17) is 0 Å². The van der Waals surface area contributed by atoms with Crippen molar-refractivity contribution in [3.8, 4) is 0 Å². The largest absolute Gasteiger partial charge is 0.392 e. The summed E-state index contributed by atoms with van der Waals surface area (Å²) < 4.78 is 28.2. The SMILES string of the molecule is Cc1cc(CO)cc(S(=O)(=O)NC(C)c2nccs2)c1Br. The van der Waals surface area contributed by atoms with Gasteiger partial charge in [-0.1, -0.05) is 6.07 Å². The molecule has 114 valence electrons. The molecule has 0 saturated carbocycles. The first kappa shape index (κ1) is 16.6. The van der Waals surface area contributed by atoms with Crippen LogP contribution >= 0.6 is 27.3 Å². The summed E-state index contributed by atoms with van der Waals surface area (Å²) in [5, 5.41) is 11.7. The van der Waals surface area contributed by atoms with Crippen molar-refractivity contribution in [2.24, 2.45) is 0 Å². The molecule has 1 atom stereocenters. The van der Waals surface area contributed by atoms with Crippen LogP contribution in [0.15, 0.2) is 33.1 Å². The molecule has 1 heterocycles. The fourth-order valence-corrected chi connectivity index (χ4v) is 4.89. The van der Waals surface area contributed by atoms with E-state index in [0.717, 1.165) is 5.56 Å². The third-order valence-electron chi connectivity index (χ3n) is 2.91. The lowest BCUT2D eigenvalue weighted by atomic mass is 10.1. The fourth-order valence-electron chi connectivity index (χ4n) is 1.89. The Hall–Kier alpha value is -0.800. The molecule has 2 aromatic rings. The van der Waals surface area contributed by atoms with E-state index < -0.39 is 16.1 Å². The van der Waals surface area contributed by atoms with Crippen LogP contribution in [-0.2, 0) is 16.6 Å². The number of aromatic nitrogens is 1. The summed E-state index contributed by atoms with van der Waals surface area (Å²) in [6.07, 6.45) is 1.64. The van der Waals surface area contributed by atoms with Crippen molar-refractivity contribution >= 4 is 37.3 Å². The smallest absolute Gasteiger partial charge is 0.242 e. The molecule has 0 bridgehead atoms. The van der Waals surface area contributed by atoms with Crippen LogP contribution in [0.4, 0.5) is 0 Å². The Balaban J connectivity index is 2.38. The van der Waals surface area contributed by atoms with Gasteiger partial charge in [0.05, 0.1) is 17.5 Å². The Kier molecular flexibility index (Phi) is 5.15. The van der Waals surface area contributed by atoms with Gasteiger partial charge in [0.15, 0.2) is 0 Å². The quantitative estimate of drug-likeness (QED) is 0.822. The van der Waals surface area contributed by atoms with Gasteiger partial charge in [0, 0.05) is 16.0 Å². The zero-order valence-electron chi connectivity index (χ0n) is 11.5. The first-order chi connectivity index (χ1) is 9.85. The predicted molar refractivity (Wildman–Crippen MR) is 85.7 cm³/mol. The lowest BCUT2D eigenvalue weighted by Crippen LogP contribution is -2.27. The molecule has 8 heteroatoms. The summed E-state index contributed by atoms with van der Waals surface area (Å²) >= 11 is 4.70. The first-order valence-electron chi connectivity index (χ1n) is 6.16. The van der Waals surface area contributed by atoms with Crippen molar-refractivity contribution in [3.63, 3.8) is 0 Å². The van der Waals surface area contributed by atoms with Crippen LogP contribution in [0, 0.1) is 6.92 Å². The van der Waals surface area contributed by atoms with Gasteiger partial charge in [-0.25, -0.2) is 18.1 Å². The maximum Gasteiger partial charge on any atom is 0.242 e. The van der Waals surface area contributed by atoms with E-state index in [-0.39, 0.29) is 11.5 Å². The number of aliphatic hydroxyl groups excluding tert-OH is 1. The molecule has 1 unspecified atom stereocenters. The molecule has 1 aromatic carbocycles. The fraction of sp³-hybridized carbons (Fsp3) is 0.308. The van der Waals surface area contributed by atoms with Crippen LogP contribution in [0.25, 0.3) is 0 Å². The van der Waals surface area contributed by atoms with Crippen molar-refractivity contribution in [2.45, 2.75) is 31.4 Å². The van der Waals surface area contributed by atoms with Gasteiger partial charge in [-0.2, -0.15) is 0 Å². The van der Waals surface area contributed by atoms with Gasteiger partial charge in [0.2, 0.25) is 10.0 Å². The number of nitrogens with one attached hydrogen (secondary N) is 1. The van der Waals surface area contributed by atoms with Gasteiger partial charge in [-0.3, -0.25) is 0 Å². The molecule has 0 aliphatic rings. The van der Waals surface area contributed by atoms with Crippen molar-refractivity contribution in [1.29, 1.82) is 0 Å². The third-order valence-corrected chi connectivity index (χ3v) is 6.74. The summed E-state index contributed by atoms with van der Waals surface area (Å²) in [6, 6.07) is 2.79. The topological polar surface area (TPSA) is 79.3 Å². The Labute approximate surface area is 136 Å². The molecule has 0 amide bonds. The average molecular weight is 391 g/mol. The van der Waals surface area contributed by atoms with E-state index in [2.05, 4.69) is 25.6 Å². The summed E-state index contributed by atoms with van der Waals surface area (Å²) in [4.78, 5) is 4.23. The van der Waals surface area contributed by atoms with Crippen LogP contribution in [0.2, 0.25) is 0 Å². The molecule has 0 aliphatic heterocycles. The highest BCUT2D eigenvalue weighted by molar-refractivity contribution is 9.10. The van der Waals surface area contributed by atoms with Crippen LogP contribution < -0.4 is 4.72 Å². The van der Waals surface area contributed by atoms with E-state index in [1.807, 2.05) is 0 Å². The van der Waals surface area contributed by atoms with Gasteiger partial charge in [0.1, 0.15) is 5.01 Å². The van der Waals surface area contributed by atoms with Crippen LogP contribution in [0.3, 0.4) is 0 Å². The molecule has 5 nitrogen and oxygen atoms in total. The Bertz CT molecular complexity index is 730. The number of aryl methyl sites for hydroxylation is 1. The van der Waals surface area contributed by atoms with Crippen molar-refractivity contribution in [3.05, 3.63) is 44.3 Å². The second kappa shape index (κ2) is 6.53. The average Bonchev–Trinajstić information content (AvgIpc) is 2.95. The van der Waals surface area contributed by atoms with E-state index in [1.165, 1.54) is 17.4 Å². The van der Waals surface area contributed by atoms with Crippen molar-refractivity contribution in [1.82, 2.24) is 9.71 Å². The number of hydrogen-bond acceptors (Lipinski definition) is 5. The molecular formula is C13H15BrN2O3S2. The number of rotatable bonds is 5. The molecule has 2 N–H and O–H groups in total. The first-order valence-corrected chi connectivity index (χ1v) is 9.32. The molecule has 21 heavy (non-hydrogen) atoms. The predicted octanol–water partition coefficient (Wildman–Crippen LogP) is 2.75. The summed E-state index contributed by atoms with van der Waals surface area (Å²) in [6.45, 7) is 3.32. The summed E-state index contributed by atoms with van der Waals surface area (Å²) in [7, 11) is -3.71. The zero-order valence-corrected chi connectivity index (χ0v) is 14.7. The standard InChI is InChI=1S/C13H15BrN2O3S2/c1-8-5-10(7-17)6-11(12(8)14)21(18,19)16-9(2)13-15-3-4-20-13/h3-6,9,16-17H,7H2,1-2H3. The van der Waals surface area contributed by atoms with Crippen molar-refractivity contribution < 1.29 is 13.5 Å². The van der Waals surface area contributed by atoms with Crippen LogP contribution in [0.1, 0.15) is 29.1 Å². The third kappa shape index (κ3) is 3.70. The summed E-state index contributed by atoms with van der Waals surface area (Å²) in [5.41, 5.74) is 1.31. The molecule has 0 radical (unpaired) electrons. The maximum absolute atomic E-state index is 12.5. The van der Waals surface area contributed by atoms with Crippen molar-refractivity contribution in [2.75, 3.05) is 0 Å². The number of benzene rings is 1. The van der Waals surface area contributed by atoms with Gasteiger partial charge >= 0.3 is 0 Å². The number of hydrogen-bond donors (Lipinski definition) is 2. The monoisotopic (exact) mass is 390 g/mol. The molecule has 0 saturated heterocycles. The molecule has 1 aromatic heterocycles. The highest BCUT2D eigenvalue weighted by atomic mass is 79.9. The second-order valence-corrected chi connectivity index (χ2v) is 8.00. The highest BCUT2D eigenvalue weighted by Gasteiger charge is 2.23. The Morgan fingerprint density at radius 2 is 2.19 bits per heavy atom. The Morgan fingerprint density at radius 1 is 1.48 bits per heavy atom. The minimum Gasteiger partial charge on any atom is -0.392 e. The Morgan fingerprint density at radius 3 is 2.76 bits per heavy atom. The molecular weight excluding hydrogens is 376 g/mol. The van der Waals surface area contributed by atoms with Gasteiger partial charge < -0.3 is 5.11 Å². The second-order valence-electron chi connectivity index (χ2n) is 4.60. The normalized spacial score (nSPS) is 13.3.